The van der Waals surface area contributed by atoms with Crippen LogP contribution in [0.5, 0.6) is 0 Å². The lowest BCUT2D eigenvalue weighted by Crippen LogP contribution is -2.50. The summed E-state index contributed by atoms with van der Waals surface area (Å²) in [4.78, 5) is 3.93. The molecule has 1 aliphatic heterocycles. The second-order valence-corrected chi connectivity index (χ2v) is 7.70. The highest BCUT2D eigenvalue weighted by Crippen LogP contribution is 2.17. The third-order valence-electron chi connectivity index (χ3n) is 3.26. The number of alkyl halides is 1. The minimum absolute atomic E-state index is 0.0676. The highest BCUT2D eigenvalue weighted by molar-refractivity contribution is 9.09. The number of halogens is 1. The van der Waals surface area contributed by atoms with Crippen LogP contribution >= 0.6 is 15.9 Å². The van der Waals surface area contributed by atoms with E-state index in [1.165, 1.54) is 0 Å². The van der Waals surface area contributed by atoms with Gasteiger partial charge >= 0.3 is 0 Å². The molecule has 2 heterocycles. The van der Waals surface area contributed by atoms with E-state index in [2.05, 4.69) is 20.9 Å². The first-order chi connectivity index (χ1) is 9.51. The Kier molecular flexibility index (Phi) is 5.54. The van der Waals surface area contributed by atoms with Gasteiger partial charge in [-0.2, -0.15) is 4.31 Å². The number of ether oxygens (including phenoxy) is 1. The van der Waals surface area contributed by atoms with Gasteiger partial charge in [-0.05, 0) is 31.0 Å². The zero-order valence-corrected chi connectivity index (χ0v) is 13.8. The van der Waals surface area contributed by atoms with Crippen molar-refractivity contribution in [1.29, 1.82) is 0 Å². The summed E-state index contributed by atoms with van der Waals surface area (Å²) in [6, 6.07) is 3.69. The van der Waals surface area contributed by atoms with Crippen molar-refractivity contribution in [3.63, 3.8) is 0 Å². The Hall–Kier alpha value is -0.500. The number of pyridine rings is 1. The third-order valence-corrected chi connectivity index (χ3v) is 5.78. The standard InChI is InChI=1S/C13H19BrN2O3S/c1-11-9-16(10-13(8-14)19-11)20(17,18)7-4-12-2-5-15-6-3-12/h2-3,5-6,11,13H,4,7-10H2,1H3. The maximum Gasteiger partial charge on any atom is 0.214 e. The quantitative estimate of drug-likeness (QED) is 0.743. The van der Waals surface area contributed by atoms with Gasteiger partial charge in [-0.25, -0.2) is 8.42 Å². The number of rotatable bonds is 5. The zero-order valence-electron chi connectivity index (χ0n) is 11.4. The molecule has 0 spiro atoms. The van der Waals surface area contributed by atoms with E-state index in [0.29, 0.717) is 24.8 Å². The van der Waals surface area contributed by atoms with Crippen LogP contribution in [-0.2, 0) is 21.2 Å². The van der Waals surface area contributed by atoms with Crippen molar-refractivity contribution in [1.82, 2.24) is 9.29 Å². The summed E-state index contributed by atoms with van der Waals surface area (Å²) >= 11 is 3.35. The first-order valence-electron chi connectivity index (χ1n) is 6.59. The van der Waals surface area contributed by atoms with Crippen molar-refractivity contribution < 1.29 is 13.2 Å². The number of aromatic nitrogens is 1. The monoisotopic (exact) mass is 362 g/mol. The average Bonchev–Trinajstić information content (AvgIpc) is 2.45. The number of morpholine rings is 1. The Bertz CT molecular complexity index is 524. The summed E-state index contributed by atoms with van der Waals surface area (Å²) in [6.07, 6.45) is 3.73. The number of nitrogens with zero attached hydrogens (tertiary/aromatic N) is 2. The van der Waals surface area contributed by atoms with E-state index < -0.39 is 10.0 Å². The molecule has 0 N–H and O–H groups in total. The average molecular weight is 363 g/mol. The Morgan fingerprint density at radius 2 is 2.10 bits per heavy atom. The van der Waals surface area contributed by atoms with Gasteiger partial charge in [0, 0.05) is 30.8 Å². The predicted molar refractivity (Wildman–Crippen MR) is 81.4 cm³/mol. The first kappa shape index (κ1) is 15.9. The normalized spacial score (nSPS) is 24.7. The fourth-order valence-electron chi connectivity index (χ4n) is 2.24. The molecule has 112 valence electrons. The molecular weight excluding hydrogens is 344 g/mol. The van der Waals surface area contributed by atoms with E-state index in [0.717, 1.165) is 5.56 Å². The molecular formula is C13H19BrN2O3S. The fraction of sp³-hybridized carbons (Fsp3) is 0.615. The van der Waals surface area contributed by atoms with Gasteiger partial charge < -0.3 is 4.74 Å². The second-order valence-electron chi connectivity index (χ2n) is 4.96. The largest absolute Gasteiger partial charge is 0.372 e. The molecule has 0 amide bonds. The lowest BCUT2D eigenvalue weighted by atomic mass is 10.2. The highest BCUT2D eigenvalue weighted by Gasteiger charge is 2.31. The van der Waals surface area contributed by atoms with Gasteiger partial charge in [0.25, 0.3) is 0 Å². The molecule has 1 fully saturated rings. The molecule has 2 rings (SSSR count). The maximum absolute atomic E-state index is 12.4. The van der Waals surface area contributed by atoms with Gasteiger partial charge in [-0.3, -0.25) is 4.98 Å². The van der Waals surface area contributed by atoms with E-state index in [4.69, 9.17) is 4.74 Å². The van der Waals surface area contributed by atoms with Crippen molar-refractivity contribution in [2.24, 2.45) is 0 Å². The van der Waals surface area contributed by atoms with Crippen molar-refractivity contribution in [3.8, 4) is 0 Å². The van der Waals surface area contributed by atoms with Crippen molar-refractivity contribution >= 4 is 26.0 Å². The zero-order chi connectivity index (χ0) is 14.6. The topological polar surface area (TPSA) is 59.5 Å². The summed E-state index contributed by atoms with van der Waals surface area (Å²) in [5, 5.41) is 0.647. The van der Waals surface area contributed by atoms with Gasteiger partial charge in [-0.15, -0.1) is 0 Å². The third kappa shape index (κ3) is 4.25. The van der Waals surface area contributed by atoms with Crippen molar-refractivity contribution in [3.05, 3.63) is 30.1 Å². The van der Waals surface area contributed by atoms with Crippen molar-refractivity contribution in [2.45, 2.75) is 25.6 Å². The molecule has 5 nitrogen and oxygen atoms in total. The number of aryl methyl sites for hydroxylation is 1. The van der Waals surface area contributed by atoms with Gasteiger partial charge in [-0.1, -0.05) is 15.9 Å². The molecule has 2 unspecified atom stereocenters. The number of hydrogen-bond acceptors (Lipinski definition) is 4. The Balaban J connectivity index is 1.99. The minimum atomic E-state index is -3.25. The molecule has 0 bridgehead atoms. The van der Waals surface area contributed by atoms with Crippen LogP contribution in [-0.4, -0.2) is 54.1 Å². The molecule has 2 atom stereocenters. The maximum atomic E-state index is 12.4. The summed E-state index contributed by atoms with van der Waals surface area (Å²) in [5.74, 6) is 0.124. The highest BCUT2D eigenvalue weighted by atomic mass is 79.9. The van der Waals surface area contributed by atoms with Crippen LogP contribution in [0.3, 0.4) is 0 Å². The summed E-state index contributed by atoms with van der Waals surface area (Å²) in [5.41, 5.74) is 0.988. The summed E-state index contributed by atoms with van der Waals surface area (Å²) in [6.45, 7) is 2.76. The van der Waals surface area contributed by atoms with E-state index in [9.17, 15) is 8.42 Å². The second kappa shape index (κ2) is 6.98. The minimum Gasteiger partial charge on any atom is -0.372 e. The van der Waals surface area contributed by atoms with E-state index in [-0.39, 0.29) is 18.0 Å². The van der Waals surface area contributed by atoms with Crippen LogP contribution in [0.25, 0.3) is 0 Å². The van der Waals surface area contributed by atoms with Gasteiger partial charge in [0.1, 0.15) is 0 Å². The van der Waals surface area contributed by atoms with Crippen LogP contribution in [0.15, 0.2) is 24.5 Å². The molecule has 1 saturated heterocycles. The molecule has 0 aliphatic carbocycles. The Morgan fingerprint density at radius 1 is 1.40 bits per heavy atom. The van der Waals surface area contributed by atoms with Gasteiger partial charge in [0.05, 0.1) is 18.0 Å². The van der Waals surface area contributed by atoms with Crippen LogP contribution in [0.2, 0.25) is 0 Å². The van der Waals surface area contributed by atoms with Crippen LogP contribution < -0.4 is 0 Å². The SMILES string of the molecule is CC1CN(S(=O)(=O)CCc2ccncc2)CC(CBr)O1. The molecule has 0 radical (unpaired) electrons. The van der Waals surface area contributed by atoms with E-state index >= 15 is 0 Å². The van der Waals surface area contributed by atoms with Crippen LogP contribution in [0, 0.1) is 0 Å². The molecule has 20 heavy (non-hydrogen) atoms. The molecule has 1 aromatic rings. The summed E-state index contributed by atoms with van der Waals surface area (Å²) in [7, 11) is -3.25. The molecule has 0 aromatic carbocycles. The Labute approximate surface area is 128 Å². The molecule has 1 aromatic heterocycles. The Morgan fingerprint density at radius 3 is 2.75 bits per heavy atom. The van der Waals surface area contributed by atoms with Gasteiger partial charge in [0.15, 0.2) is 0 Å². The van der Waals surface area contributed by atoms with Crippen LogP contribution in [0.1, 0.15) is 12.5 Å². The molecule has 0 saturated carbocycles. The molecule has 1 aliphatic rings. The smallest absolute Gasteiger partial charge is 0.214 e. The first-order valence-corrected chi connectivity index (χ1v) is 9.32. The summed E-state index contributed by atoms with van der Waals surface area (Å²) < 4.78 is 32.0. The lowest BCUT2D eigenvalue weighted by Gasteiger charge is -2.35. The fourth-order valence-corrected chi connectivity index (χ4v) is 4.18. The number of sulfonamides is 1. The number of hydrogen-bond donors (Lipinski definition) is 0. The lowest BCUT2D eigenvalue weighted by molar-refractivity contribution is -0.0411. The van der Waals surface area contributed by atoms with E-state index in [1.807, 2.05) is 19.1 Å². The predicted octanol–water partition coefficient (Wildman–Crippen LogP) is 1.44. The van der Waals surface area contributed by atoms with E-state index in [1.54, 1.807) is 16.7 Å². The van der Waals surface area contributed by atoms with Crippen LogP contribution in [0.4, 0.5) is 0 Å². The van der Waals surface area contributed by atoms with Crippen molar-refractivity contribution in [2.75, 3.05) is 24.2 Å². The molecule has 7 heteroatoms. The van der Waals surface area contributed by atoms with Gasteiger partial charge in [0.2, 0.25) is 10.0 Å².